The van der Waals surface area contributed by atoms with E-state index in [0.717, 1.165) is 48.1 Å². The van der Waals surface area contributed by atoms with Gasteiger partial charge in [0.1, 0.15) is 11.8 Å². The van der Waals surface area contributed by atoms with Gasteiger partial charge in [-0.2, -0.15) is 0 Å². The minimum absolute atomic E-state index is 0.0475. The average molecular weight is 533 g/mol. The summed E-state index contributed by atoms with van der Waals surface area (Å²) >= 11 is 5.95. The van der Waals surface area contributed by atoms with Crippen LogP contribution >= 0.6 is 11.6 Å². The number of aryl methyl sites for hydroxylation is 1. The summed E-state index contributed by atoms with van der Waals surface area (Å²) in [6.45, 7) is 2.83. The molecule has 0 saturated heterocycles. The van der Waals surface area contributed by atoms with E-state index < -0.39 is 6.04 Å². The lowest BCUT2D eigenvalue weighted by molar-refractivity contribution is -0.141. The van der Waals surface area contributed by atoms with Crippen LogP contribution in [0.5, 0.6) is 5.75 Å². The van der Waals surface area contributed by atoms with Crippen molar-refractivity contribution in [3.8, 4) is 5.75 Å². The molecule has 1 aliphatic rings. The Morgan fingerprint density at radius 1 is 0.974 bits per heavy atom. The third kappa shape index (κ3) is 8.35. The number of nitrogens with one attached hydrogen (secondary N) is 1. The lowest BCUT2D eigenvalue weighted by Crippen LogP contribution is -2.52. The Morgan fingerprint density at radius 3 is 2.39 bits per heavy atom. The van der Waals surface area contributed by atoms with Gasteiger partial charge in [0.05, 0.1) is 6.61 Å². The average Bonchev–Trinajstić information content (AvgIpc) is 3.43. The van der Waals surface area contributed by atoms with E-state index in [1.807, 2.05) is 67.6 Å². The maximum Gasteiger partial charge on any atom is 0.243 e. The number of carbonyl (C=O) groups excluding carboxylic acids is 2. The Morgan fingerprint density at radius 2 is 1.68 bits per heavy atom. The number of nitrogens with zero attached hydrogens (tertiary/aromatic N) is 1. The Kier molecular flexibility index (Phi) is 10.2. The molecule has 0 heterocycles. The summed E-state index contributed by atoms with van der Waals surface area (Å²) in [6.07, 6.45) is 5.57. The number of ether oxygens (including phenoxy) is 1. The van der Waals surface area contributed by atoms with Gasteiger partial charge in [0, 0.05) is 30.5 Å². The fourth-order valence-electron chi connectivity index (χ4n) is 5.02. The van der Waals surface area contributed by atoms with Crippen LogP contribution in [0.3, 0.4) is 0 Å². The van der Waals surface area contributed by atoms with Crippen molar-refractivity contribution in [1.29, 1.82) is 0 Å². The van der Waals surface area contributed by atoms with Gasteiger partial charge in [-0.15, -0.1) is 0 Å². The monoisotopic (exact) mass is 532 g/mol. The minimum atomic E-state index is -0.594. The summed E-state index contributed by atoms with van der Waals surface area (Å²) in [5.41, 5.74) is 3.18. The molecule has 3 aromatic carbocycles. The standard InChI is InChI=1S/C32H37ClN2O3/c1-24-9-7-12-26(21-24)23-35(31(36)15-8-20-38-29-18-16-27(33)17-19-29)30(22-25-10-3-2-4-11-25)32(37)34-28-13-5-6-14-28/h2-4,7,9-12,16-19,21,28,30H,5-6,8,13-15,20,22-23H2,1H3,(H,34,37)/t30-/m1/s1. The van der Waals surface area contributed by atoms with Gasteiger partial charge in [0.25, 0.3) is 0 Å². The summed E-state index contributed by atoms with van der Waals surface area (Å²) < 4.78 is 5.81. The number of halogens is 1. The zero-order valence-corrected chi connectivity index (χ0v) is 22.8. The van der Waals surface area contributed by atoms with Crippen LogP contribution in [0.25, 0.3) is 0 Å². The highest BCUT2D eigenvalue weighted by molar-refractivity contribution is 6.30. The fourth-order valence-corrected chi connectivity index (χ4v) is 5.14. The fraction of sp³-hybridized carbons (Fsp3) is 0.375. The third-order valence-corrected chi connectivity index (χ3v) is 7.28. The molecule has 5 nitrogen and oxygen atoms in total. The number of amides is 2. The molecule has 3 aromatic rings. The number of hydrogen-bond acceptors (Lipinski definition) is 3. The van der Waals surface area contributed by atoms with Crippen molar-refractivity contribution in [3.63, 3.8) is 0 Å². The topological polar surface area (TPSA) is 58.6 Å². The second-order valence-electron chi connectivity index (χ2n) is 10.1. The lowest BCUT2D eigenvalue weighted by Gasteiger charge is -2.32. The quantitative estimate of drug-likeness (QED) is 0.271. The lowest BCUT2D eigenvalue weighted by atomic mass is 10.0. The third-order valence-electron chi connectivity index (χ3n) is 7.03. The molecular formula is C32H37ClN2O3. The Hall–Kier alpha value is -3.31. The van der Waals surface area contributed by atoms with Gasteiger partial charge in [-0.3, -0.25) is 9.59 Å². The molecular weight excluding hydrogens is 496 g/mol. The zero-order valence-electron chi connectivity index (χ0n) is 22.1. The highest BCUT2D eigenvalue weighted by Gasteiger charge is 2.32. The first kappa shape index (κ1) is 27.7. The maximum atomic E-state index is 13.7. The normalized spacial score (nSPS) is 14.2. The summed E-state index contributed by atoms with van der Waals surface area (Å²) in [6, 6.07) is 24.9. The van der Waals surface area contributed by atoms with E-state index in [-0.39, 0.29) is 17.9 Å². The van der Waals surface area contributed by atoms with E-state index >= 15 is 0 Å². The largest absolute Gasteiger partial charge is 0.494 e. The van der Waals surface area contributed by atoms with Crippen LogP contribution in [0.2, 0.25) is 5.02 Å². The Labute approximate surface area is 231 Å². The molecule has 0 aliphatic heterocycles. The summed E-state index contributed by atoms with van der Waals surface area (Å²) in [5.74, 6) is 0.601. The van der Waals surface area contributed by atoms with Gasteiger partial charge in [-0.1, -0.05) is 84.6 Å². The Bertz CT molecular complexity index is 1180. The van der Waals surface area contributed by atoms with Gasteiger partial charge in [-0.05, 0) is 61.6 Å². The molecule has 1 N–H and O–H groups in total. The second kappa shape index (κ2) is 14.0. The minimum Gasteiger partial charge on any atom is -0.494 e. The van der Waals surface area contributed by atoms with Crippen LogP contribution in [0.1, 0.15) is 55.2 Å². The zero-order chi connectivity index (χ0) is 26.7. The van der Waals surface area contributed by atoms with E-state index in [0.29, 0.717) is 37.4 Å². The molecule has 1 saturated carbocycles. The summed E-state index contributed by atoms with van der Waals surface area (Å²) in [4.78, 5) is 29.2. The van der Waals surface area contributed by atoms with Crippen LogP contribution < -0.4 is 10.1 Å². The molecule has 0 radical (unpaired) electrons. The van der Waals surface area contributed by atoms with Crippen molar-refractivity contribution in [2.45, 2.75) is 70.5 Å². The van der Waals surface area contributed by atoms with Crippen molar-refractivity contribution in [2.24, 2.45) is 0 Å². The molecule has 200 valence electrons. The predicted molar refractivity (Wildman–Crippen MR) is 152 cm³/mol. The molecule has 1 fully saturated rings. The van der Waals surface area contributed by atoms with E-state index in [1.54, 1.807) is 17.0 Å². The molecule has 0 spiro atoms. The molecule has 0 bridgehead atoms. The van der Waals surface area contributed by atoms with Crippen LogP contribution in [-0.2, 0) is 22.6 Å². The number of rotatable bonds is 12. The first-order valence-corrected chi connectivity index (χ1v) is 13.9. The second-order valence-corrected chi connectivity index (χ2v) is 10.5. The molecule has 38 heavy (non-hydrogen) atoms. The SMILES string of the molecule is Cc1cccc(CN(C(=O)CCCOc2ccc(Cl)cc2)[C@H](Cc2ccccc2)C(=O)NC2CCCC2)c1. The summed E-state index contributed by atoms with van der Waals surface area (Å²) in [7, 11) is 0. The number of carbonyl (C=O) groups is 2. The molecule has 1 aliphatic carbocycles. The van der Waals surface area contributed by atoms with Crippen molar-refractivity contribution >= 4 is 23.4 Å². The molecule has 0 aromatic heterocycles. The molecule has 1 atom stereocenters. The van der Waals surface area contributed by atoms with Crippen molar-refractivity contribution in [3.05, 3.63) is 101 Å². The van der Waals surface area contributed by atoms with E-state index in [2.05, 4.69) is 11.4 Å². The van der Waals surface area contributed by atoms with Crippen molar-refractivity contribution in [2.75, 3.05) is 6.61 Å². The molecule has 6 heteroatoms. The molecule has 0 unspecified atom stereocenters. The maximum absolute atomic E-state index is 13.7. The Balaban J connectivity index is 1.51. The number of benzene rings is 3. The van der Waals surface area contributed by atoms with E-state index in [1.165, 1.54) is 0 Å². The van der Waals surface area contributed by atoms with Gasteiger partial charge in [-0.25, -0.2) is 0 Å². The van der Waals surface area contributed by atoms with E-state index in [4.69, 9.17) is 16.3 Å². The van der Waals surface area contributed by atoms with Gasteiger partial charge in [0.2, 0.25) is 11.8 Å². The highest BCUT2D eigenvalue weighted by atomic mass is 35.5. The van der Waals surface area contributed by atoms with Crippen LogP contribution in [0.4, 0.5) is 0 Å². The summed E-state index contributed by atoms with van der Waals surface area (Å²) in [5, 5.41) is 3.91. The smallest absolute Gasteiger partial charge is 0.243 e. The van der Waals surface area contributed by atoms with Crippen molar-refractivity contribution < 1.29 is 14.3 Å². The van der Waals surface area contributed by atoms with Crippen LogP contribution in [-0.4, -0.2) is 35.4 Å². The molecule has 4 rings (SSSR count). The predicted octanol–water partition coefficient (Wildman–Crippen LogP) is 6.51. The highest BCUT2D eigenvalue weighted by Crippen LogP contribution is 2.21. The number of hydrogen-bond donors (Lipinski definition) is 1. The molecule has 2 amide bonds. The van der Waals surface area contributed by atoms with Gasteiger partial charge >= 0.3 is 0 Å². The van der Waals surface area contributed by atoms with Gasteiger partial charge < -0.3 is 15.0 Å². The van der Waals surface area contributed by atoms with Gasteiger partial charge in [0.15, 0.2) is 0 Å². The first-order chi connectivity index (χ1) is 18.5. The van der Waals surface area contributed by atoms with Crippen LogP contribution in [0.15, 0.2) is 78.9 Å². The van der Waals surface area contributed by atoms with Crippen LogP contribution in [0, 0.1) is 6.92 Å². The van der Waals surface area contributed by atoms with E-state index in [9.17, 15) is 9.59 Å². The first-order valence-electron chi connectivity index (χ1n) is 13.6. The van der Waals surface area contributed by atoms with Crippen molar-refractivity contribution in [1.82, 2.24) is 10.2 Å².